The minimum Gasteiger partial charge on any atom is -0.326 e. The fourth-order valence-electron chi connectivity index (χ4n) is 2.00. The van der Waals surface area contributed by atoms with Crippen molar-refractivity contribution < 1.29 is 8.42 Å². The van der Waals surface area contributed by atoms with Crippen molar-refractivity contribution in [3.63, 3.8) is 0 Å². The first-order valence-corrected chi connectivity index (χ1v) is 7.71. The maximum absolute atomic E-state index is 12.5. The molecule has 2 N–H and O–H groups in total. The highest BCUT2D eigenvalue weighted by Crippen LogP contribution is 2.22. The standard InChI is InChI=1S/C13H22N2O2S/c1-4-9-15(5-2)18(16,17)13-8-6-7-12(10-14)11(13)3/h6-8H,4-5,9-10,14H2,1-3H3. The van der Waals surface area contributed by atoms with Crippen molar-refractivity contribution in [1.82, 2.24) is 4.31 Å². The molecule has 0 unspecified atom stereocenters. The average Bonchev–Trinajstić information content (AvgIpc) is 2.35. The maximum Gasteiger partial charge on any atom is 0.243 e. The molecule has 4 nitrogen and oxygen atoms in total. The highest BCUT2D eigenvalue weighted by atomic mass is 32.2. The van der Waals surface area contributed by atoms with Crippen LogP contribution in [0.5, 0.6) is 0 Å². The third kappa shape index (κ3) is 2.91. The van der Waals surface area contributed by atoms with Crippen LogP contribution >= 0.6 is 0 Å². The van der Waals surface area contributed by atoms with Crippen LogP contribution < -0.4 is 5.73 Å². The molecule has 0 radical (unpaired) electrons. The minimum absolute atomic E-state index is 0.356. The number of nitrogens with two attached hydrogens (primary N) is 1. The first-order chi connectivity index (χ1) is 8.48. The van der Waals surface area contributed by atoms with Crippen LogP contribution in [0, 0.1) is 6.92 Å². The second-order valence-corrected chi connectivity index (χ2v) is 6.15. The summed E-state index contributed by atoms with van der Waals surface area (Å²) in [4.78, 5) is 0.376. The van der Waals surface area contributed by atoms with Gasteiger partial charge in [-0.25, -0.2) is 8.42 Å². The van der Waals surface area contributed by atoms with E-state index >= 15 is 0 Å². The molecule has 0 bridgehead atoms. The van der Waals surface area contributed by atoms with E-state index in [9.17, 15) is 8.42 Å². The Kier molecular flexibility index (Phi) is 5.31. The summed E-state index contributed by atoms with van der Waals surface area (Å²) in [6, 6.07) is 5.27. The van der Waals surface area contributed by atoms with Gasteiger partial charge in [0.15, 0.2) is 0 Å². The fraction of sp³-hybridized carbons (Fsp3) is 0.538. The van der Waals surface area contributed by atoms with E-state index in [-0.39, 0.29) is 0 Å². The molecule has 1 aromatic carbocycles. The molecule has 5 heteroatoms. The topological polar surface area (TPSA) is 63.4 Å². The molecule has 0 fully saturated rings. The average molecular weight is 270 g/mol. The molecule has 18 heavy (non-hydrogen) atoms. The molecule has 1 aromatic rings. The van der Waals surface area contributed by atoms with E-state index in [0.29, 0.717) is 24.5 Å². The Morgan fingerprint density at radius 2 is 1.94 bits per heavy atom. The zero-order valence-electron chi connectivity index (χ0n) is 11.3. The summed E-state index contributed by atoms with van der Waals surface area (Å²) in [5.74, 6) is 0. The van der Waals surface area contributed by atoms with Crippen LogP contribution in [-0.2, 0) is 16.6 Å². The largest absolute Gasteiger partial charge is 0.326 e. The molecule has 0 aliphatic rings. The van der Waals surface area contributed by atoms with Crippen molar-refractivity contribution in [3.8, 4) is 0 Å². The van der Waals surface area contributed by atoms with E-state index in [4.69, 9.17) is 5.73 Å². The van der Waals surface area contributed by atoms with Gasteiger partial charge in [-0.15, -0.1) is 0 Å². The molecule has 0 spiro atoms. The Morgan fingerprint density at radius 1 is 1.28 bits per heavy atom. The molecular formula is C13H22N2O2S. The lowest BCUT2D eigenvalue weighted by atomic mass is 10.1. The first kappa shape index (κ1) is 15.1. The third-order valence-corrected chi connectivity index (χ3v) is 5.18. The first-order valence-electron chi connectivity index (χ1n) is 6.27. The summed E-state index contributed by atoms with van der Waals surface area (Å²) in [6.45, 7) is 7.04. The Hall–Kier alpha value is -0.910. The van der Waals surface area contributed by atoms with Crippen molar-refractivity contribution in [2.24, 2.45) is 5.73 Å². The summed E-state index contributed by atoms with van der Waals surface area (Å²) in [5, 5.41) is 0. The zero-order chi connectivity index (χ0) is 13.8. The number of hydrogen-bond acceptors (Lipinski definition) is 3. The van der Waals surface area contributed by atoms with Crippen molar-refractivity contribution in [2.45, 2.75) is 38.6 Å². The molecular weight excluding hydrogens is 248 g/mol. The van der Waals surface area contributed by atoms with Gasteiger partial charge in [0, 0.05) is 19.6 Å². The molecule has 0 heterocycles. The summed E-state index contributed by atoms with van der Waals surface area (Å²) < 4.78 is 26.6. The SMILES string of the molecule is CCCN(CC)S(=O)(=O)c1cccc(CN)c1C. The van der Waals surface area contributed by atoms with Crippen LogP contribution in [0.3, 0.4) is 0 Å². The lowest BCUT2D eigenvalue weighted by Crippen LogP contribution is -2.32. The number of nitrogens with zero attached hydrogens (tertiary/aromatic N) is 1. The quantitative estimate of drug-likeness (QED) is 0.858. The minimum atomic E-state index is -3.40. The van der Waals surface area contributed by atoms with Crippen LogP contribution in [0.2, 0.25) is 0 Å². The smallest absolute Gasteiger partial charge is 0.243 e. The number of rotatable bonds is 6. The second kappa shape index (κ2) is 6.31. The van der Waals surface area contributed by atoms with E-state index in [1.165, 1.54) is 4.31 Å². The fourth-order valence-corrected chi connectivity index (χ4v) is 3.81. The normalized spacial score (nSPS) is 12.1. The molecule has 0 atom stereocenters. The maximum atomic E-state index is 12.5. The molecule has 0 amide bonds. The lowest BCUT2D eigenvalue weighted by molar-refractivity contribution is 0.426. The van der Waals surface area contributed by atoms with Crippen LogP contribution in [0.4, 0.5) is 0 Å². The van der Waals surface area contributed by atoms with Crippen molar-refractivity contribution >= 4 is 10.0 Å². The Balaban J connectivity index is 3.27. The number of sulfonamides is 1. The van der Waals surface area contributed by atoms with Gasteiger partial charge in [0.1, 0.15) is 0 Å². The predicted octanol–water partition coefficient (Wildman–Crippen LogP) is 1.87. The third-order valence-electron chi connectivity index (χ3n) is 3.06. The van der Waals surface area contributed by atoms with Crippen LogP contribution in [0.15, 0.2) is 23.1 Å². The molecule has 102 valence electrons. The summed E-state index contributed by atoms with van der Waals surface area (Å²) >= 11 is 0. The van der Waals surface area contributed by atoms with E-state index < -0.39 is 10.0 Å². The monoisotopic (exact) mass is 270 g/mol. The van der Waals surface area contributed by atoms with Crippen LogP contribution in [0.25, 0.3) is 0 Å². The van der Waals surface area contributed by atoms with Gasteiger partial charge in [-0.05, 0) is 30.5 Å². The Morgan fingerprint density at radius 3 is 2.44 bits per heavy atom. The van der Waals surface area contributed by atoms with Crippen molar-refractivity contribution in [3.05, 3.63) is 29.3 Å². The molecule has 0 saturated heterocycles. The number of benzene rings is 1. The Labute approximate surface area is 110 Å². The van der Waals surface area contributed by atoms with Gasteiger partial charge in [-0.1, -0.05) is 26.0 Å². The van der Waals surface area contributed by atoms with Crippen molar-refractivity contribution in [2.75, 3.05) is 13.1 Å². The van der Waals surface area contributed by atoms with Gasteiger partial charge in [0.2, 0.25) is 10.0 Å². The molecule has 0 aromatic heterocycles. The van der Waals surface area contributed by atoms with Crippen LogP contribution in [-0.4, -0.2) is 25.8 Å². The van der Waals surface area contributed by atoms with E-state index in [1.54, 1.807) is 12.1 Å². The molecule has 0 aliphatic heterocycles. The summed E-state index contributed by atoms with van der Waals surface area (Å²) in [5.41, 5.74) is 7.26. The number of hydrogen-bond donors (Lipinski definition) is 1. The second-order valence-electron chi connectivity index (χ2n) is 4.24. The Bertz CT molecular complexity index is 498. The van der Waals surface area contributed by atoms with E-state index in [0.717, 1.165) is 17.5 Å². The highest BCUT2D eigenvalue weighted by molar-refractivity contribution is 7.89. The van der Waals surface area contributed by atoms with Gasteiger partial charge in [-0.2, -0.15) is 4.31 Å². The zero-order valence-corrected chi connectivity index (χ0v) is 12.1. The van der Waals surface area contributed by atoms with E-state index in [2.05, 4.69) is 0 Å². The van der Waals surface area contributed by atoms with Gasteiger partial charge >= 0.3 is 0 Å². The summed E-state index contributed by atoms with van der Waals surface area (Å²) in [7, 11) is -3.40. The predicted molar refractivity (Wildman–Crippen MR) is 73.8 cm³/mol. The van der Waals surface area contributed by atoms with Gasteiger partial charge in [0.25, 0.3) is 0 Å². The van der Waals surface area contributed by atoms with E-state index in [1.807, 2.05) is 26.8 Å². The summed E-state index contributed by atoms with van der Waals surface area (Å²) in [6.07, 6.45) is 0.808. The van der Waals surface area contributed by atoms with Crippen LogP contribution in [0.1, 0.15) is 31.4 Å². The lowest BCUT2D eigenvalue weighted by Gasteiger charge is -2.21. The van der Waals surface area contributed by atoms with Crippen molar-refractivity contribution in [1.29, 1.82) is 0 Å². The highest BCUT2D eigenvalue weighted by Gasteiger charge is 2.24. The van der Waals surface area contributed by atoms with Gasteiger partial charge in [-0.3, -0.25) is 0 Å². The van der Waals surface area contributed by atoms with Gasteiger partial charge < -0.3 is 5.73 Å². The molecule has 1 rings (SSSR count). The molecule has 0 saturated carbocycles. The van der Waals surface area contributed by atoms with Gasteiger partial charge in [0.05, 0.1) is 4.90 Å². The molecule has 0 aliphatic carbocycles.